The Morgan fingerprint density at radius 1 is 0.826 bits per heavy atom. The number of hydrogen-bond donors (Lipinski definition) is 1. The number of fused-ring (bicyclic) bond motifs is 2. The molecule has 4 heterocycles. The highest BCUT2D eigenvalue weighted by atomic mass is 32.2. The van der Waals surface area contributed by atoms with E-state index in [1.165, 1.54) is 0 Å². The molecule has 4 aliphatic heterocycles. The highest BCUT2D eigenvalue weighted by Crippen LogP contribution is 2.61. The maximum absolute atomic E-state index is 15.0. The lowest BCUT2D eigenvalue weighted by molar-refractivity contribution is -0.144. The number of benzene rings is 3. The summed E-state index contributed by atoms with van der Waals surface area (Å²) >= 11 is 1.57. The SMILES string of the molecule is Cc1cccc(C)c1N1CC=C[C@]23S[C@H]4C=CCN(Cc5ccccc5)C(=O)[C@H]4[C@H]2C(=O)N([C@@H](CO)Cc2ccccc2)C3C1=O. The smallest absolute Gasteiger partial charge is 0.251 e. The van der Waals surface area contributed by atoms with E-state index in [-0.39, 0.29) is 29.6 Å². The van der Waals surface area contributed by atoms with Crippen molar-refractivity contribution >= 4 is 35.2 Å². The first-order chi connectivity index (χ1) is 22.3. The van der Waals surface area contributed by atoms with E-state index in [0.717, 1.165) is 27.9 Å². The van der Waals surface area contributed by atoms with Gasteiger partial charge in [-0.25, -0.2) is 0 Å². The number of aliphatic hydroxyl groups is 1. The summed E-state index contributed by atoms with van der Waals surface area (Å²) in [4.78, 5) is 49.8. The number of carbonyl (C=O) groups is 3. The van der Waals surface area contributed by atoms with Gasteiger partial charge in [-0.15, -0.1) is 11.8 Å². The van der Waals surface area contributed by atoms with E-state index in [4.69, 9.17) is 0 Å². The van der Waals surface area contributed by atoms with Crippen molar-refractivity contribution in [2.45, 2.75) is 48.9 Å². The summed E-state index contributed by atoms with van der Waals surface area (Å²) in [5, 5.41) is 10.6. The molecule has 1 spiro atoms. The second-order valence-corrected chi connectivity index (χ2v) is 14.3. The van der Waals surface area contributed by atoms with Crippen molar-refractivity contribution in [1.82, 2.24) is 9.80 Å². The third kappa shape index (κ3) is 4.99. The Bertz CT molecular complexity index is 1690. The number of nitrogens with zero attached hydrogens (tertiary/aromatic N) is 3. The van der Waals surface area contributed by atoms with Crippen LogP contribution in [-0.2, 0) is 27.3 Å². The summed E-state index contributed by atoms with van der Waals surface area (Å²) in [5.74, 6) is -1.85. The Hall–Kier alpha value is -4.14. The quantitative estimate of drug-likeness (QED) is 0.382. The summed E-state index contributed by atoms with van der Waals surface area (Å²) in [7, 11) is 0. The average molecular weight is 634 g/mol. The highest BCUT2D eigenvalue weighted by molar-refractivity contribution is 8.02. The standard InChI is InChI=1S/C38H39N3O4S/c1-25-12-9-13-26(2)33(25)40-21-11-19-38-32(31-30(46-38)18-10-20-39(35(31)43)23-28-16-7-4-8-17-28)36(44)41(34(38)37(40)45)29(24-42)22-27-14-5-3-6-15-27/h3-19,29-32,34,42H,20-24H2,1-2H3/t29-,30+,31-,32+,34?,38+/m1/s1. The van der Waals surface area contributed by atoms with Crippen molar-refractivity contribution in [3.63, 3.8) is 0 Å². The number of anilines is 1. The summed E-state index contributed by atoms with van der Waals surface area (Å²) in [6.07, 6.45) is 8.55. The zero-order valence-electron chi connectivity index (χ0n) is 26.2. The molecule has 3 aromatic carbocycles. The molecule has 0 saturated carbocycles. The van der Waals surface area contributed by atoms with Crippen LogP contribution in [0.15, 0.2) is 103 Å². The topological polar surface area (TPSA) is 81.2 Å². The Kier molecular flexibility index (Phi) is 8.11. The summed E-state index contributed by atoms with van der Waals surface area (Å²) in [6.45, 7) is 4.97. The molecule has 236 valence electrons. The molecule has 0 aromatic heterocycles. The zero-order chi connectivity index (χ0) is 32.0. The minimum Gasteiger partial charge on any atom is -0.394 e. The van der Waals surface area contributed by atoms with Crippen LogP contribution in [0.1, 0.15) is 22.3 Å². The van der Waals surface area contributed by atoms with Crippen molar-refractivity contribution < 1.29 is 19.5 Å². The molecule has 46 heavy (non-hydrogen) atoms. The predicted octanol–water partition coefficient (Wildman–Crippen LogP) is 4.71. The number of hydrogen-bond acceptors (Lipinski definition) is 5. The fourth-order valence-electron chi connectivity index (χ4n) is 8.04. The Labute approximate surface area is 274 Å². The van der Waals surface area contributed by atoms with Gasteiger partial charge in [0.25, 0.3) is 5.91 Å². The molecule has 7 nitrogen and oxygen atoms in total. The number of carbonyl (C=O) groups excluding carboxylic acids is 3. The fraction of sp³-hybridized carbons (Fsp3) is 0.342. The van der Waals surface area contributed by atoms with Crippen LogP contribution in [0.4, 0.5) is 5.69 Å². The van der Waals surface area contributed by atoms with Gasteiger partial charge < -0.3 is 19.8 Å². The lowest BCUT2D eigenvalue weighted by Gasteiger charge is -2.39. The van der Waals surface area contributed by atoms with Crippen molar-refractivity contribution in [2.75, 3.05) is 24.6 Å². The lowest BCUT2D eigenvalue weighted by Crippen LogP contribution is -2.57. The van der Waals surface area contributed by atoms with Crippen LogP contribution in [0.5, 0.6) is 0 Å². The van der Waals surface area contributed by atoms with Crippen LogP contribution >= 0.6 is 11.8 Å². The lowest BCUT2D eigenvalue weighted by atomic mass is 9.78. The van der Waals surface area contributed by atoms with Gasteiger partial charge in [-0.1, -0.05) is 103 Å². The molecular weight excluding hydrogens is 595 g/mol. The van der Waals surface area contributed by atoms with Gasteiger partial charge in [0, 0.05) is 30.6 Å². The Morgan fingerprint density at radius 2 is 1.50 bits per heavy atom. The van der Waals surface area contributed by atoms with E-state index in [0.29, 0.717) is 26.1 Å². The number of aliphatic hydroxyl groups excluding tert-OH is 1. The molecule has 3 amide bonds. The molecule has 3 aromatic rings. The maximum Gasteiger partial charge on any atom is 0.251 e. The molecule has 4 aliphatic rings. The number of likely N-dealkylation sites (tertiary alicyclic amines) is 1. The monoisotopic (exact) mass is 633 g/mol. The molecule has 0 bridgehead atoms. The number of aryl methyl sites for hydroxylation is 2. The second kappa shape index (κ2) is 12.2. The van der Waals surface area contributed by atoms with E-state index in [1.54, 1.807) is 21.6 Å². The van der Waals surface area contributed by atoms with Crippen LogP contribution in [0.2, 0.25) is 0 Å². The normalized spacial score (nSPS) is 27.7. The molecular formula is C38H39N3O4S. The largest absolute Gasteiger partial charge is 0.394 e. The number of para-hydroxylation sites is 1. The fourth-order valence-corrected chi connectivity index (χ4v) is 10.0. The summed E-state index contributed by atoms with van der Waals surface area (Å²) in [6, 6.07) is 24.1. The maximum atomic E-state index is 15.0. The van der Waals surface area contributed by atoms with Gasteiger partial charge in [0.15, 0.2) is 0 Å². The first kappa shape index (κ1) is 30.5. The summed E-state index contributed by atoms with van der Waals surface area (Å²) < 4.78 is -0.964. The molecule has 6 atom stereocenters. The predicted molar refractivity (Wildman–Crippen MR) is 181 cm³/mol. The third-order valence-electron chi connectivity index (χ3n) is 10.0. The van der Waals surface area contributed by atoms with Crippen molar-refractivity contribution in [3.05, 3.63) is 125 Å². The van der Waals surface area contributed by atoms with Gasteiger partial charge in [0.05, 0.1) is 29.2 Å². The van der Waals surface area contributed by atoms with Gasteiger partial charge in [0.1, 0.15) is 6.04 Å². The van der Waals surface area contributed by atoms with E-state index < -0.39 is 28.7 Å². The molecule has 1 unspecified atom stereocenters. The molecule has 2 fully saturated rings. The van der Waals surface area contributed by atoms with Crippen LogP contribution in [-0.4, -0.2) is 74.4 Å². The van der Waals surface area contributed by atoms with Gasteiger partial charge in [0.2, 0.25) is 11.8 Å². The van der Waals surface area contributed by atoms with Crippen molar-refractivity contribution in [1.29, 1.82) is 0 Å². The average Bonchev–Trinajstić information content (AvgIpc) is 3.39. The molecule has 2 saturated heterocycles. The Balaban J connectivity index is 1.33. The third-order valence-corrected chi connectivity index (χ3v) is 11.8. The molecule has 7 rings (SSSR count). The molecule has 8 heteroatoms. The van der Waals surface area contributed by atoms with Crippen LogP contribution in [0, 0.1) is 25.7 Å². The zero-order valence-corrected chi connectivity index (χ0v) is 27.0. The molecule has 1 N–H and O–H groups in total. The number of rotatable bonds is 7. The van der Waals surface area contributed by atoms with Crippen LogP contribution < -0.4 is 4.90 Å². The van der Waals surface area contributed by atoms with Gasteiger partial charge in [-0.2, -0.15) is 0 Å². The van der Waals surface area contributed by atoms with Gasteiger partial charge in [-0.3, -0.25) is 14.4 Å². The first-order valence-electron chi connectivity index (χ1n) is 16.0. The second-order valence-electron chi connectivity index (χ2n) is 12.8. The van der Waals surface area contributed by atoms with Gasteiger partial charge in [-0.05, 0) is 42.5 Å². The van der Waals surface area contributed by atoms with Crippen molar-refractivity contribution in [2.24, 2.45) is 11.8 Å². The Morgan fingerprint density at radius 3 is 2.17 bits per heavy atom. The van der Waals surface area contributed by atoms with E-state index in [2.05, 4.69) is 6.08 Å². The van der Waals surface area contributed by atoms with Crippen LogP contribution in [0.25, 0.3) is 0 Å². The van der Waals surface area contributed by atoms with Gasteiger partial charge >= 0.3 is 0 Å². The number of thioether (sulfide) groups is 1. The minimum atomic E-state index is -0.964. The van der Waals surface area contributed by atoms with Crippen LogP contribution in [0.3, 0.4) is 0 Å². The highest BCUT2D eigenvalue weighted by Gasteiger charge is 2.71. The van der Waals surface area contributed by atoms with E-state index in [1.807, 2.05) is 116 Å². The first-order valence-corrected chi connectivity index (χ1v) is 16.9. The minimum absolute atomic E-state index is 0.0671. The van der Waals surface area contributed by atoms with E-state index in [9.17, 15) is 14.7 Å². The molecule has 0 radical (unpaired) electrons. The summed E-state index contributed by atoms with van der Waals surface area (Å²) in [5.41, 5.74) is 4.80. The number of amides is 3. The van der Waals surface area contributed by atoms with Crippen molar-refractivity contribution in [3.8, 4) is 0 Å². The molecule has 0 aliphatic carbocycles. The van der Waals surface area contributed by atoms with E-state index >= 15 is 4.79 Å².